The molecule has 1 aromatic carbocycles. The normalized spacial score (nSPS) is 10.8. The third kappa shape index (κ3) is 4.19. The summed E-state index contributed by atoms with van der Waals surface area (Å²) in [6.07, 6.45) is 2.83. The van der Waals surface area contributed by atoms with Gasteiger partial charge >= 0.3 is 0 Å². The second kappa shape index (κ2) is 7.07. The topological polar surface area (TPSA) is 40.5 Å². The van der Waals surface area contributed by atoms with Gasteiger partial charge < -0.3 is 9.90 Å². The highest BCUT2D eigenvalue weighted by Gasteiger charge is 2.08. The van der Waals surface area contributed by atoms with Gasteiger partial charge in [0, 0.05) is 12.1 Å². The van der Waals surface area contributed by atoms with Gasteiger partial charge in [-0.25, -0.2) is 0 Å². The Hall–Kier alpha value is -1.35. The maximum absolute atomic E-state index is 10.6. The minimum atomic E-state index is 0.330. The van der Waals surface area contributed by atoms with E-state index in [2.05, 4.69) is 13.8 Å². The van der Waals surface area contributed by atoms with E-state index in [1.54, 1.807) is 6.07 Å². The maximum atomic E-state index is 10.6. The second-order valence-corrected chi connectivity index (χ2v) is 4.22. The van der Waals surface area contributed by atoms with Crippen LogP contribution in [0.5, 0.6) is 5.75 Å². The predicted molar refractivity (Wildman–Crippen MR) is 69.1 cm³/mol. The lowest BCUT2D eigenvalue weighted by Crippen LogP contribution is -2.26. The van der Waals surface area contributed by atoms with Gasteiger partial charge in [0.25, 0.3) is 0 Å². The van der Waals surface area contributed by atoms with Crippen molar-refractivity contribution in [2.24, 2.45) is 0 Å². The van der Waals surface area contributed by atoms with Crippen molar-refractivity contribution in [3.8, 4) is 5.75 Å². The average molecular weight is 235 g/mol. The smallest absolute Gasteiger partial charge is 0.133 e. The van der Waals surface area contributed by atoms with E-state index in [1.807, 2.05) is 17.0 Å². The minimum Gasteiger partial charge on any atom is -0.508 e. The van der Waals surface area contributed by atoms with Gasteiger partial charge in [0.2, 0.25) is 0 Å². The van der Waals surface area contributed by atoms with Crippen molar-refractivity contribution in [1.82, 2.24) is 4.90 Å². The Morgan fingerprint density at radius 3 is 2.65 bits per heavy atom. The molecule has 0 aliphatic heterocycles. The second-order valence-electron chi connectivity index (χ2n) is 4.22. The molecule has 0 bridgehead atoms. The molecular formula is C14H21NO2. The molecule has 3 nitrogen and oxygen atoms in total. The first-order chi connectivity index (χ1) is 8.21. The number of aryl methyl sites for hydroxylation is 1. The highest BCUT2D eigenvalue weighted by atomic mass is 16.3. The molecule has 0 amide bonds. The quantitative estimate of drug-likeness (QED) is 0.738. The van der Waals surface area contributed by atoms with E-state index in [4.69, 9.17) is 0 Å². The van der Waals surface area contributed by atoms with E-state index in [1.165, 1.54) is 0 Å². The molecule has 17 heavy (non-hydrogen) atoms. The highest BCUT2D eigenvalue weighted by molar-refractivity contribution is 5.52. The lowest BCUT2D eigenvalue weighted by Gasteiger charge is -2.19. The summed E-state index contributed by atoms with van der Waals surface area (Å²) in [7, 11) is 0. The summed E-state index contributed by atoms with van der Waals surface area (Å²) in [6.45, 7) is 6.06. The number of hydrogen-bond donors (Lipinski definition) is 1. The Labute approximate surface area is 103 Å². The van der Waals surface area contributed by atoms with Crippen LogP contribution in [-0.2, 0) is 17.8 Å². The number of phenols is 1. The van der Waals surface area contributed by atoms with Crippen molar-refractivity contribution >= 4 is 6.29 Å². The fourth-order valence-electron chi connectivity index (χ4n) is 1.86. The van der Waals surface area contributed by atoms with Gasteiger partial charge in [0.05, 0.1) is 6.54 Å². The summed E-state index contributed by atoms with van der Waals surface area (Å²) in [5.41, 5.74) is 2.01. The van der Waals surface area contributed by atoms with Crippen LogP contribution >= 0.6 is 0 Å². The summed E-state index contributed by atoms with van der Waals surface area (Å²) >= 11 is 0. The zero-order valence-electron chi connectivity index (χ0n) is 10.6. The predicted octanol–water partition coefficient (Wildman–Crippen LogP) is 2.37. The molecule has 94 valence electrons. The van der Waals surface area contributed by atoms with Gasteiger partial charge in [-0.2, -0.15) is 0 Å². The lowest BCUT2D eigenvalue weighted by atomic mass is 10.1. The molecule has 0 saturated heterocycles. The molecule has 0 unspecified atom stereocenters. The van der Waals surface area contributed by atoms with Crippen LogP contribution in [0.3, 0.4) is 0 Å². The molecule has 0 atom stereocenters. The van der Waals surface area contributed by atoms with Gasteiger partial charge in [0.1, 0.15) is 12.0 Å². The zero-order valence-corrected chi connectivity index (χ0v) is 10.6. The molecule has 0 aliphatic carbocycles. The average Bonchev–Trinajstić information content (AvgIpc) is 2.32. The Bertz CT molecular complexity index is 363. The van der Waals surface area contributed by atoms with Gasteiger partial charge in [0.15, 0.2) is 0 Å². The molecule has 0 fully saturated rings. The summed E-state index contributed by atoms with van der Waals surface area (Å²) in [5.74, 6) is 0.330. The summed E-state index contributed by atoms with van der Waals surface area (Å²) in [4.78, 5) is 12.6. The first-order valence-corrected chi connectivity index (χ1v) is 6.18. The fourth-order valence-corrected chi connectivity index (χ4v) is 1.86. The molecule has 0 radical (unpaired) electrons. The number of benzene rings is 1. The number of hydrogen-bond acceptors (Lipinski definition) is 3. The van der Waals surface area contributed by atoms with Crippen molar-refractivity contribution in [1.29, 1.82) is 0 Å². The Morgan fingerprint density at radius 1 is 1.35 bits per heavy atom. The summed E-state index contributed by atoms with van der Waals surface area (Å²) in [5, 5.41) is 9.89. The van der Waals surface area contributed by atoms with Gasteiger partial charge in [-0.05, 0) is 31.0 Å². The van der Waals surface area contributed by atoms with Crippen LogP contribution in [0.2, 0.25) is 0 Å². The zero-order chi connectivity index (χ0) is 12.7. The molecule has 0 saturated carbocycles. The third-order valence-corrected chi connectivity index (χ3v) is 2.82. The van der Waals surface area contributed by atoms with E-state index in [9.17, 15) is 9.90 Å². The van der Waals surface area contributed by atoms with Crippen molar-refractivity contribution in [3.05, 3.63) is 29.3 Å². The Balaban J connectivity index is 2.74. The van der Waals surface area contributed by atoms with E-state index in [0.29, 0.717) is 18.8 Å². The molecule has 1 rings (SSSR count). The van der Waals surface area contributed by atoms with E-state index >= 15 is 0 Å². The van der Waals surface area contributed by atoms with Crippen molar-refractivity contribution in [2.45, 2.75) is 33.2 Å². The number of phenolic OH excluding ortho intramolecular Hbond substituents is 1. The molecule has 1 N–H and O–H groups in total. The first kappa shape index (κ1) is 13.7. The van der Waals surface area contributed by atoms with E-state index in [-0.39, 0.29) is 0 Å². The third-order valence-electron chi connectivity index (χ3n) is 2.82. The van der Waals surface area contributed by atoms with Crippen LogP contribution in [0, 0.1) is 0 Å². The largest absolute Gasteiger partial charge is 0.508 e. The molecule has 1 aromatic rings. The fraction of sp³-hybridized carbons (Fsp3) is 0.500. The molecule has 0 aliphatic rings. The number of aldehydes is 1. The Kier molecular flexibility index (Phi) is 5.70. The molecule has 3 heteroatoms. The minimum absolute atomic E-state index is 0.330. The van der Waals surface area contributed by atoms with Crippen molar-refractivity contribution < 1.29 is 9.90 Å². The van der Waals surface area contributed by atoms with E-state index in [0.717, 1.165) is 36.8 Å². The van der Waals surface area contributed by atoms with Crippen LogP contribution in [0.15, 0.2) is 18.2 Å². The lowest BCUT2D eigenvalue weighted by molar-refractivity contribution is -0.109. The number of carbonyl (C=O) groups is 1. The molecule has 0 aromatic heterocycles. The summed E-state index contributed by atoms with van der Waals surface area (Å²) < 4.78 is 0. The monoisotopic (exact) mass is 235 g/mol. The number of nitrogens with zero attached hydrogens (tertiary/aromatic N) is 1. The number of rotatable bonds is 7. The number of carbonyl (C=O) groups excluding carboxylic acids is 1. The molecular weight excluding hydrogens is 214 g/mol. The van der Waals surface area contributed by atoms with Crippen LogP contribution in [-0.4, -0.2) is 29.4 Å². The van der Waals surface area contributed by atoms with Gasteiger partial charge in [-0.1, -0.05) is 26.0 Å². The Morgan fingerprint density at radius 2 is 2.12 bits per heavy atom. The SMILES string of the molecule is CCCN(CC=O)Cc1ccc(CC)cc1O. The van der Waals surface area contributed by atoms with Gasteiger partial charge in [-0.15, -0.1) is 0 Å². The van der Waals surface area contributed by atoms with Crippen LogP contribution in [0.1, 0.15) is 31.4 Å². The number of aromatic hydroxyl groups is 1. The maximum Gasteiger partial charge on any atom is 0.133 e. The summed E-state index contributed by atoms with van der Waals surface area (Å²) in [6, 6.07) is 5.78. The van der Waals surface area contributed by atoms with Crippen LogP contribution in [0.4, 0.5) is 0 Å². The van der Waals surface area contributed by atoms with Gasteiger partial charge in [-0.3, -0.25) is 4.90 Å². The highest BCUT2D eigenvalue weighted by Crippen LogP contribution is 2.20. The molecule has 0 heterocycles. The van der Waals surface area contributed by atoms with Crippen LogP contribution in [0.25, 0.3) is 0 Å². The van der Waals surface area contributed by atoms with Crippen molar-refractivity contribution in [3.63, 3.8) is 0 Å². The standard InChI is InChI=1S/C14H21NO2/c1-3-7-15(8-9-16)11-13-6-5-12(4-2)10-14(13)17/h5-6,9-10,17H,3-4,7-8,11H2,1-2H3. The van der Waals surface area contributed by atoms with Crippen molar-refractivity contribution in [2.75, 3.05) is 13.1 Å². The molecule has 0 spiro atoms. The first-order valence-electron chi connectivity index (χ1n) is 6.18. The van der Waals surface area contributed by atoms with Crippen LogP contribution < -0.4 is 0 Å². The van der Waals surface area contributed by atoms with E-state index < -0.39 is 0 Å².